The summed E-state index contributed by atoms with van der Waals surface area (Å²) in [7, 11) is 0. The number of hydrogen-bond donors (Lipinski definition) is 2. The monoisotopic (exact) mass is 273 g/mol. The summed E-state index contributed by atoms with van der Waals surface area (Å²) in [6, 6.07) is 10.8. The summed E-state index contributed by atoms with van der Waals surface area (Å²) in [6.45, 7) is 6.85. The lowest BCUT2D eigenvalue weighted by Crippen LogP contribution is -2.32. The zero-order valence-electron chi connectivity index (χ0n) is 12.7. The lowest BCUT2D eigenvalue weighted by molar-refractivity contribution is 0.197. The molecule has 2 rings (SSSR count). The van der Waals surface area contributed by atoms with Crippen molar-refractivity contribution in [2.24, 2.45) is 11.1 Å². The van der Waals surface area contributed by atoms with Crippen LogP contribution in [0.4, 0.5) is 0 Å². The van der Waals surface area contributed by atoms with Crippen molar-refractivity contribution in [3.05, 3.63) is 35.9 Å². The van der Waals surface area contributed by atoms with Crippen LogP contribution in [0.1, 0.15) is 51.1 Å². The fourth-order valence-electron chi connectivity index (χ4n) is 3.40. The Morgan fingerprint density at radius 1 is 1.30 bits per heavy atom. The highest BCUT2D eigenvalue weighted by Crippen LogP contribution is 2.41. The highest BCUT2D eigenvalue weighted by molar-refractivity contribution is 5.77. The average Bonchev–Trinajstić information content (AvgIpc) is 2.90. The molecule has 1 aliphatic heterocycles. The molecule has 0 aliphatic carbocycles. The molecule has 3 heteroatoms. The number of nitrogens with two attached hydrogens (primary N) is 1. The van der Waals surface area contributed by atoms with Gasteiger partial charge in [0.2, 0.25) is 0 Å². The van der Waals surface area contributed by atoms with Gasteiger partial charge < -0.3 is 5.73 Å². The molecule has 0 aromatic heterocycles. The Labute approximate surface area is 122 Å². The maximum Gasteiger partial charge on any atom is 0.0924 e. The van der Waals surface area contributed by atoms with E-state index < -0.39 is 0 Å². The number of likely N-dealkylation sites (tertiary alicyclic amines) is 1. The highest BCUT2D eigenvalue weighted by atomic mass is 15.2. The zero-order valence-corrected chi connectivity index (χ0v) is 12.7. The molecule has 1 unspecified atom stereocenters. The van der Waals surface area contributed by atoms with Gasteiger partial charge in [-0.05, 0) is 36.8 Å². The standard InChI is InChI=1S/C17H27N3/c1-3-17(4-2)10-11-20(13-17)15(12-16(18)19)14-8-6-5-7-9-14/h5-9,15H,3-4,10-13H2,1-2H3,(H3,18,19). The van der Waals surface area contributed by atoms with E-state index in [1.54, 1.807) is 0 Å². The van der Waals surface area contributed by atoms with Crippen LogP contribution in [-0.4, -0.2) is 23.8 Å². The summed E-state index contributed by atoms with van der Waals surface area (Å²) in [5, 5.41) is 7.68. The molecule has 0 saturated carbocycles. The van der Waals surface area contributed by atoms with Crippen molar-refractivity contribution in [3.8, 4) is 0 Å². The molecular weight excluding hydrogens is 246 g/mol. The van der Waals surface area contributed by atoms with E-state index in [0.29, 0.717) is 11.8 Å². The Kier molecular flexibility index (Phi) is 4.81. The second kappa shape index (κ2) is 6.40. The summed E-state index contributed by atoms with van der Waals surface area (Å²) >= 11 is 0. The van der Waals surface area contributed by atoms with Gasteiger partial charge in [0.1, 0.15) is 0 Å². The van der Waals surface area contributed by atoms with Gasteiger partial charge in [0.05, 0.1) is 5.84 Å². The van der Waals surface area contributed by atoms with Gasteiger partial charge in [0.25, 0.3) is 0 Å². The van der Waals surface area contributed by atoms with Crippen LogP contribution < -0.4 is 5.73 Å². The van der Waals surface area contributed by atoms with Gasteiger partial charge in [0.15, 0.2) is 0 Å². The molecule has 1 fully saturated rings. The Hall–Kier alpha value is -1.35. The van der Waals surface area contributed by atoms with E-state index in [9.17, 15) is 0 Å². The molecule has 1 heterocycles. The van der Waals surface area contributed by atoms with Crippen LogP contribution in [0.3, 0.4) is 0 Å². The molecule has 1 atom stereocenters. The van der Waals surface area contributed by atoms with E-state index in [2.05, 4.69) is 43.0 Å². The second-order valence-electron chi connectivity index (χ2n) is 6.08. The summed E-state index contributed by atoms with van der Waals surface area (Å²) in [5.74, 6) is 0.282. The number of nitrogens with one attached hydrogen (secondary N) is 1. The Balaban J connectivity index is 2.19. The van der Waals surface area contributed by atoms with Crippen molar-refractivity contribution in [2.75, 3.05) is 13.1 Å². The molecule has 0 spiro atoms. The molecule has 1 aliphatic rings. The van der Waals surface area contributed by atoms with Crippen LogP contribution in [0.5, 0.6) is 0 Å². The van der Waals surface area contributed by atoms with E-state index in [-0.39, 0.29) is 11.9 Å². The topological polar surface area (TPSA) is 53.1 Å². The van der Waals surface area contributed by atoms with Crippen LogP contribution in [0.25, 0.3) is 0 Å². The van der Waals surface area contributed by atoms with E-state index in [1.165, 1.54) is 24.8 Å². The van der Waals surface area contributed by atoms with Gasteiger partial charge in [-0.2, -0.15) is 0 Å². The van der Waals surface area contributed by atoms with E-state index in [4.69, 9.17) is 11.1 Å². The van der Waals surface area contributed by atoms with Crippen LogP contribution in [-0.2, 0) is 0 Å². The van der Waals surface area contributed by atoms with Crippen molar-refractivity contribution in [1.82, 2.24) is 4.90 Å². The third-order valence-electron chi connectivity index (χ3n) is 5.01. The van der Waals surface area contributed by atoms with Crippen molar-refractivity contribution in [1.29, 1.82) is 5.41 Å². The average molecular weight is 273 g/mol. The predicted octanol–water partition coefficient (Wildman–Crippen LogP) is 3.57. The van der Waals surface area contributed by atoms with Crippen molar-refractivity contribution in [3.63, 3.8) is 0 Å². The first-order valence-corrected chi connectivity index (χ1v) is 7.72. The van der Waals surface area contributed by atoms with Crippen LogP contribution in [0.2, 0.25) is 0 Å². The van der Waals surface area contributed by atoms with Gasteiger partial charge in [-0.1, -0.05) is 44.2 Å². The first-order chi connectivity index (χ1) is 9.60. The fraction of sp³-hybridized carbons (Fsp3) is 0.588. The van der Waals surface area contributed by atoms with Crippen LogP contribution >= 0.6 is 0 Å². The van der Waals surface area contributed by atoms with E-state index >= 15 is 0 Å². The Morgan fingerprint density at radius 2 is 1.95 bits per heavy atom. The van der Waals surface area contributed by atoms with Gasteiger partial charge in [-0.3, -0.25) is 10.3 Å². The number of benzene rings is 1. The van der Waals surface area contributed by atoms with E-state index in [1.807, 2.05) is 6.07 Å². The molecule has 20 heavy (non-hydrogen) atoms. The number of amidine groups is 1. The molecule has 1 saturated heterocycles. The molecule has 110 valence electrons. The number of rotatable bonds is 6. The number of nitrogens with zero attached hydrogens (tertiary/aromatic N) is 1. The summed E-state index contributed by atoms with van der Waals surface area (Å²) in [6.07, 6.45) is 4.37. The third-order valence-corrected chi connectivity index (χ3v) is 5.01. The van der Waals surface area contributed by atoms with Gasteiger partial charge in [0, 0.05) is 19.0 Å². The quantitative estimate of drug-likeness (QED) is 0.615. The second-order valence-corrected chi connectivity index (χ2v) is 6.08. The molecule has 3 N–H and O–H groups in total. The van der Waals surface area contributed by atoms with Gasteiger partial charge >= 0.3 is 0 Å². The van der Waals surface area contributed by atoms with E-state index in [0.717, 1.165) is 13.1 Å². The maximum atomic E-state index is 7.68. The largest absolute Gasteiger partial charge is 0.388 e. The van der Waals surface area contributed by atoms with Crippen LogP contribution in [0.15, 0.2) is 30.3 Å². The molecule has 3 nitrogen and oxygen atoms in total. The maximum absolute atomic E-state index is 7.68. The van der Waals surface area contributed by atoms with Gasteiger partial charge in [-0.15, -0.1) is 0 Å². The summed E-state index contributed by atoms with van der Waals surface area (Å²) in [5.41, 5.74) is 7.43. The minimum absolute atomic E-state index is 0.258. The third kappa shape index (κ3) is 3.21. The zero-order chi connectivity index (χ0) is 14.6. The SMILES string of the molecule is CCC1(CC)CCN(C(CC(=N)N)c2ccccc2)C1. The lowest BCUT2D eigenvalue weighted by Gasteiger charge is -2.31. The molecule has 0 amide bonds. The molecule has 1 aromatic carbocycles. The normalized spacial score (nSPS) is 19.9. The first-order valence-electron chi connectivity index (χ1n) is 7.72. The minimum Gasteiger partial charge on any atom is -0.388 e. The predicted molar refractivity (Wildman–Crippen MR) is 84.9 cm³/mol. The molecule has 0 radical (unpaired) electrons. The summed E-state index contributed by atoms with van der Waals surface area (Å²) < 4.78 is 0. The van der Waals surface area contributed by atoms with Crippen molar-refractivity contribution >= 4 is 5.84 Å². The van der Waals surface area contributed by atoms with Crippen molar-refractivity contribution < 1.29 is 0 Å². The molecule has 1 aromatic rings. The van der Waals surface area contributed by atoms with Gasteiger partial charge in [-0.25, -0.2) is 0 Å². The summed E-state index contributed by atoms with van der Waals surface area (Å²) in [4.78, 5) is 2.53. The first kappa shape index (κ1) is 15.0. The fourth-order valence-corrected chi connectivity index (χ4v) is 3.40. The Morgan fingerprint density at radius 3 is 2.45 bits per heavy atom. The Bertz CT molecular complexity index is 437. The smallest absolute Gasteiger partial charge is 0.0924 e. The molecule has 0 bridgehead atoms. The molecular formula is C17H27N3. The lowest BCUT2D eigenvalue weighted by atomic mass is 9.82. The van der Waals surface area contributed by atoms with Crippen molar-refractivity contribution in [2.45, 2.75) is 45.6 Å². The minimum atomic E-state index is 0.258. The number of hydrogen-bond acceptors (Lipinski definition) is 2. The highest BCUT2D eigenvalue weighted by Gasteiger charge is 2.38. The van der Waals surface area contributed by atoms with Crippen LogP contribution in [0, 0.1) is 10.8 Å².